The summed E-state index contributed by atoms with van der Waals surface area (Å²) in [6, 6.07) is 0. The van der Waals surface area contributed by atoms with E-state index >= 15 is 4.39 Å². The van der Waals surface area contributed by atoms with Gasteiger partial charge in [0.05, 0.1) is 12.2 Å². The van der Waals surface area contributed by atoms with Crippen LogP contribution in [-0.2, 0) is 23.9 Å². The standard InChI is InChI=1S/C24H31FO6.C2H5NO/c1-20(2)30-19-10-16-15-6-5-13-9-14(27)7-8-21(13,3)23(15,25)17(28)11-22(16,4)24(19,31-20)18(29)12-26;1-2(3)4/h7-9,15-17,19,26,28H,5-6,10-12H2,1-4H3;1H3,(H2,3,4)/t15-,16-,17-,19+,21-,22-,23?,24+;/m0./s1. The first-order chi connectivity index (χ1) is 16.1. The van der Waals surface area contributed by atoms with Crippen LogP contribution in [0.25, 0.3) is 0 Å². The van der Waals surface area contributed by atoms with Gasteiger partial charge in [0, 0.05) is 23.7 Å². The van der Waals surface area contributed by atoms with E-state index in [4.69, 9.17) is 9.47 Å². The molecule has 4 aliphatic carbocycles. The Morgan fingerprint density at radius 2 is 1.86 bits per heavy atom. The van der Waals surface area contributed by atoms with E-state index in [1.54, 1.807) is 26.8 Å². The van der Waals surface area contributed by atoms with Crippen LogP contribution in [0, 0.1) is 22.7 Å². The fourth-order valence-electron chi connectivity index (χ4n) is 7.93. The van der Waals surface area contributed by atoms with Crippen molar-refractivity contribution in [3.63, 3.8) is 0 Å². The summed E-state index contributed by atoms with van der Waals surface area (Å²) in [4.78, 5) is 34.3. The number of amides is 1. The Balaban J connectivity index is 0.000000672. The van der Waals surface area contributed by atoms with Crippen LogP contribution in [0.3, 0.4) is 0 Å². The van der Waals surface area contributed by atoms with Gasteiger partial charge in [-0.05, 0) is 64.5 Å². The molecule has 5 aliphatic rings. The van der Waals surface area contributed by atoms with E-state index in [1.807, 2.05) is 6.92 Å². The SMILES string of the molecule is CC(N)=O.CC1(C)O[C@@H]2C[C@H]3[C@@H]4CCC5=CC(=O)C=C[C@]5(C)C4(F)[C@@H](O)C[C@]3(C)[C@]2(C(=O)CO)O1. The molecule has 1 amide bonds. The zero-order chi connectivity index (χ0) is 26.2. The zero-order valence-electron chi connectivity index (χ0n) is 21.0. The highest BCUT2D eigenvalue weighted by atomic mass is 19.1. The molecule has 4 N–H and O–H groups in total. The highest BCUT2D eigenvalue weighted by Gasteiger charge is 2.79. The molecule has 1 aliphatic heterocycles. The molecular weight excluding hydrogens is 457 g/mol. The molecule has 1 unspecified atom stereocenters. The summed E-state index contributed by atoms with van der Waals surface area (Å²) in [5.74, 6) is -2.79. The van der Waals surface area contributed by atoms with Gasteiger partial charge >= 0.3 is 0 Å². The molecule has 3 saturated carbocycles. The second-order valence-electron chi connectivity index (χ2n) is 11.5. The van der Waals surface area contributed by atoms with E-state index in [9.17, 15) is 24.6 Å². The second kappa shape index (κ2) is 8.03. The first kappa shape index (κ1) is 26.1. The minimum absolute atomic E-state index is 0.0109. The van der Waals surface area contributed by atoms with Crippen molar-refractivity contribution in [2.24, 2.45) is 28.4 Å². The predicted molar refractivity (Wildman–Crippen MR) is 123 cm³/mol. The lowest BCUT2D eigenvalue weighted by Gasteiger charge is -2.62. The smallest absolute Gasteiger partial charge is 0.214 e. The van der Waals surface area contributed by atoms with Crippen LogP contribution in [0.5, 0.6) is 0 Å². The molecule has 8 atom stereocenters. The Hall–Kier alpha value is -1.94. The highest BCUT2D eigenvalue weighted by molar-refractivity contribution is 6.01. The number of allylic oxidation sites excluding steroid dienone is 4. The maximum Gasteiger partial charge on any atom is 0.214 e. The Kier molecular flexibility index (Phi) is 6.00. The molecule has 0 spiro atoms. The van der Waals surface area contributed by atoms with E-state index in [-0.39, 0.29) is 24.0 Å². The number of carbonyl (C=O) groups excluding carboxylic acids is 3. The van der Waals surface area contributed by atoms with Gasteiger partial charge in [0.1, 0.15) is 6.61 Å². The number of alkyl halides is 1. The molecule has 0 aromatic heterocycles. The van der Waals surface area contributed by atoms with Gasteiger partial charge < -0.3 is 25.4 Å². The van der Waals surface area contributed by atoms with Crippen LogP contribution < -0.4 is 5.73 Å². The number of aliphatic hydroxyl groups is 2. The summed E-state index contributed by atoms with van der Waals surface area (Å²) in [7, 11) is 0. The van der Waals surface area contributed by atoms with Gasteiger partial charge in [-0.1, -0.05) is 18.6 Å². The van der Waals surface area contributed by atoms with E-state index in [0.29, 0.717) is 19.3 Å². The number of ether oxygens (including phenoxy) is 2. The Morgan fingerprint density at radius 3 is 2.46 bits per heavy atom. The molecule has 1 saturated heterocycles. The average Bonchev–Trinajstić information content (AvgIpc) is 3.15. The molecular formula is C26H36FNO7. The molecule has 35 heavy (non-hydrogen) atoms. The fourth-order valence-corrected chi connectivity index (χ4v) is 7.93. The summed E-state index contributed by atoms with van der Waals surface area (Å²) < 4.78 is 29.5. The number of ketones is 2. The first-order valence-corrected chi connectivity index (χ1v) is 12.2. The monoisotopic (exact) mass is 493 g/mol. The third kappa shape index (κ3) is 3.35. The number of fused-ring (bicyclic) bond motifs is 7. The van der Waals surface area contributed by atoms with Crippen molar-refractivity contribution >= 4 is 17.5 Å². The molecule has 0 aromatic rings. The number of hydrogen-bond donors (Lipinski definition) is 3. The van der Waals surface area contributed by atoms with Crippen LogP contribution in [0.2, 0.25) is 0 Å². The lowest BCUT2D eigenvalue weighted by Crippen LogP contribution is -2.70. The van der Waals surface area contributed by atoms with Gasteiger partial charge in [0.2, 0.25) is 5.91 Å². The van der Waals surface area contributed by atoms with Gasteiger partial charge in [0.25, 0.3) is 0 Å². The minimum atomic E-state index is -1.98. The predicted octanol–water partition coefficient (Wildman–Crippen LogP) is 1.91. The number of Topliss-reactive ketones (excluding diaryl/α,β-unsaturated/α-hetero) is 1. The number of hydrogen-bond acceptors (Lipinski definition) is 7. The average molecular weight is 494 g/mol. The topological polar surface area (TPSA) is 136 Å². The van der Waals surface area contributed by atoms with Crippen molar-refractivity contribution in [3.05, 3.63) is 23.8 Å². The Morgan fingerprint density at radius 1 is 1.23 bits per heavy atom. The van der Waals surface area contributed by atoms with Gasteiger partial charge in [-0.2, -0.15) is 0 Å². The summed E-state index contributed by atoms with van der Waals surface area (Å²) in [6.07, 6.45) is 4.00. The van der Waals surface area contributed by atoms with Crippen molar-refractivity contribution in [1.82, 2.24) is 0 Å². The van der Waals surface area contributed by atoms with Crippen LogP contribution in [0.4, 0.5) is 4.39 Å². The van der Waals surface area contributed by atoms with E-state index in [2.05, 4.69) is 5.73 Å². The number of halogens is 1. The quantitative estimate of drug-likeness (QED) is 0.535. The van der Waals surface area contributed by atoms with Crippen LogP contribution in [0.15, 0.2) is 23.8 Å². The largest absolute Gasteiger partial charge is 0.390 e. The molecule has 1 heterocycles. The normalized spacial score (nSPS) is 46.9. The third-order valence-corrected chi connectivity index (χ3v) is 9.19. The first-order valence-electron chi connectivity index (χ1n) is 12.2. The fraction of sp³-hybridized carbons (Fsp3) is 0.731. The number of nitrogens with two attached hydrogens (primary N) is 1. The number of primary amides is 1. The summed E-state index contributed by atoms with van der Waals surface area (Å²) >= 11 is 0. The molecule has 0 aromatic carbocycles. The molecule has 0 bridgehead atoms. The van der Waals surface area contributed by atoms with Crippen LogP contribution in [-0.4, -0.2) is 63.6 Å². The molecule has 9 heteroatoms. The van der Waals surface area contributed by atoms with Crippen LogP contribution in [0.1, 0.15) is 60.3 Å². The highest BCUT2D eigenvalue weighted by Crippen LogP contribution is 2.72. The number of carbonyl (C=O) groups is 3. The van der Waals surface area contributed by atoms with Gasteiger partial charge in [-0.15, -0.1) is 0 Å². The maximum atomic E-state index is 17.1. The molecule has 0 radical (unpaired) electrons. The van der Waals surface area contributed by atoms with Crippen molar-refractivity contribution in [2.75, 3.05) is 6.61 Å². The van der Waals surface area contributed by atoms with E-state index in [0.717, 1.165) is 5.57 Å². The zero-order valence-corrected chi connectivity index (χ0v) is 21.0. The molecule has 5 rings (SSSR count). The summed E-state index contributed by atoms with van der Waals surface area (Å²) in [5, 5.41) is 21.2. The molecule has 194 valence electrons. The van der Waals surface area contributed by atoms with E-state index in [1.165, 1.54) is 19.1 Å². The minimum Gasteiger partial charge on any atom is -0.390 e. The summed E-state index contributed by atoms with van der Waals surface area (Å²) in [6.45, 7) is 7.72. The number of aliphatic hydroxyl groups excluding tert-OH is 2. The Bertz CT molecular complexity index is 1020. The molecule has 4 fully saturated rings. The van der Waals surface area contributed by atoms with Crippen molar-refractivity contribution < 1.29 is 38.5 Å². The number of rotatable bonds is 2. The van der Waals surface area contributed by atoms with Crippen molar-refractivity contribution in [2.45, 2.75) is 89.6 Å². The van der Waals surface area contributed by atoms with Crippen LogP contribution >= 0.6 is 0 Å². The molecule has 8 nitrogen and oxygen atoms in total. The van der Waals surface area contributed by atoms with Gasteiger partial charge in [0.15, 0.2) is 28.6 Å². The second-order valence-corrected chi connectivity index (χ2v) is 11.5. The van der Waals surface area contributed by atoms with Gasteiger partial charge in [-0.3, -0.25) is 14.4 Å². The van der Waals surface area contributed by atoms with Gasteiger partial charge in [-0.25, -0.2) is 4.39 Å². The van der Waals surface area contributed by atoms with Crippen molar-refractivity contribution in [1.29, 1.82) is 0 Å². The Labute approximate surface area is 204 Å². The lowest BCUT2D eigenvalue weighted by atomic mass is 9.44. The van der Waals surface area contributed by atoms with E-state index < -0.39 is 58.4 Å². The summed E-state index contributed by atoms with van der Waals surface area (Å²) in [5.41, 5.74) is -0.188. The maximum absolute atomic E-state index is 17.1. The lowest BCUT2D eigenvalue weighted by molar-refractivity contribution is -0.246. The van der Waals surface area contributed by atoms with Crippen molar-refractivity contribution in [3.8, 4) is 0 Å². The third-order valence-electron chi connectivity index (χ3n) is 9.19.